The van der Waals surface area contributed by atoms with Gasteiger partial charge in [0.15, 0.2) is 5.13 Å². The highest BCUT2D eigenvalue weighted by Gasteiger charge is 2.31. The minimum atomic E-state index is -0.214. The van der Waals surface area contributed by atoms with Gasteiger partial charge < -0.3 is 5.32 Å². The summed E-state index contributed by atoms with van der Waals surface area (Å²) in [6.45, 7) is 0.221. The molecule has 2 heterocycles. The number of thiocarbonyl (C=S) groups is 1. The van der Waals surface area contributed by atoms with Crippen LogP contribution in [0.4, 0.5) is 5.13 Å². The molecule has 1 N–H and O–H groups in total. The first kappa shape index (κ1) is 24.3. The number of nitrogens with zero attached hydrogens (tertiary/aromatic N) is 2. The molecule has 0 aliphatic carbocycles. The third-order valence-corrected chi connectivity index (χ3v) is 7.42. The number of carbonyl (C=O) groups excluding carboxylic acids is 2. The van der Waals surface area contributed by atoms with Crippen LogP contribution in [0.25, 0.3) is 6.08 Å². The molecule has 1 fully saturated rings. The lowest BCUT2D eigenvalue weighted by atomic mass is 10.1. The van der Waals surface area contributed by atoms with Crippen molar-refractivity contribution in [3.63, 3.8) is 0 Å². The van der Waals surface area contributed by atoms with Gasteiger partial charge >= 0.3 is 0 Å². The molecule has 172 valence electrons. The number of halogens is 1. The Morgan fingerprint density at radius 2 is 1.91 bits per heavy atom. The lowest BCUT2D eigenvalue weighted by Gasteiger charge is -2.13. The van der Waals surface area contributed by atoms with Gasteiger partial charge in [0.05, 0.1) is 4.91 Å². The molecule has 0 unspecified atom stereocenters. The number of anilines is 1. The molecule has 9 heteroatoms. The smallest absolute Gasteiger partial charge is 0.266 e. The van der Waals surface area contributed by atoms with Crippen LogP contribution in [0.2, 0.25) is 5.02 Å². The number of thioether (sulfide) groups is 1. The molecule has 5 nitrogen and oxygen atoms in total. The molecule has 1 aliphatic heterocycles. The van der Waals surface area contributed by atoms with E-state index in [1.807, 2.05) is 66.7 Å². The maximum Gasteiger partial charge on any atom is 0.266 e. The maximum atomic E-state index is 12.7. The molecule has 0 radical (unpaired) electrons. The number of benzene rings is 2. The summed E-state index contributed by atoms with van der Waals surface area (Å²) in [5.41, 5.74) is 2.16. The Morgan fingerprint density at radius 1 is 1.15 bits per heavy atom. The Labute approximate surface area is 216 Å². The van der Waals surface area contributed by atoms with Gasteiger partial charge in [0.1, 0.15) is 4.32 Å². The van der Waals surface area contributed by atoms with E-state index in [2.05, 4.69) is 10.3 Å². The summed E-state index contributed by atoms with van der Waals surface area (Å²) in [6, 6.07) is 17.5. The number of aromatic nitrogens is 1. The fourth-order valence-electron chi connectivity index (χ4n) is 3.16. The van der Waals surface area contributed by atoms with Crippen LogP contribution in [0.15, 0.2) is 77.9 Å². The lowest BCUT2D eigenvalue weighted by molar-refractivity contribution is -0.122. The molecule has 0 spiro atoms. The van der Waals surface area contributed by atoms with E-state index in [0.29, 0.717) is 25.8 Å². The van der Waals surface area contributed by atoms with Crippen LogP contribution in [-0.2, 0) is 16.0 Å². The number of carbonyl (C=O) groups is 2. The van der Waals surface area contributed by atoms with Gasteiger partial charge in [-0.05, 0) is 29.3 Å². The predicted molar refractivity (Wildman–Crippen MR) is 145 cm³/mol. The molecule has 4 rings (SSSR count). The van der Waals surface area contributed by atoms with Crippen molar-refractivity contribution in [3.8, 4) is 0 Å². The van der Waals surface area contributed by atoms with Gasteiger partial charge in [0.25, 0.3) is 5.91 Å². The van der Waals surface area contributed by atoms with E-state index in [0.717, 1.165) is 16.0 Å². The highest BCUT2D eigenvalue weighted by molar-refractivity contribution is 8.26. The van der Waals surface area contributed by atoms with Crippen molar-refractivity contribution >= 4 is 74.3 Å². The van der Waals surface area contributed by atoms with Gasteiger partial charge in [-0.15, -0.1) is 11.3 Å². The summed E-state index contributed by atoms with van der Waals surface area (Å²) in [6.07, 6.45) is 8.11. The Balaban J connectivity index is 1.27. The summed E-state index contributed by atoms with van der Waals surface area (Å²) < 4.78 is 0.455. The molecule has 1 aromatic heterocycles. The molecule has 2 amide bonds. The second kappa shape index (κ2) is 11.6. The predicted octanol–water partition coefficient (Wildman–Crippen LogP) is 6.17. The van der Waals surface area contributed by atoms with E-state index >= 15 is 0 Å². The summed E-state index contributed by atoms with van der Waals surface area (Å²) in [7, 11) is 0. The number of rotatable bonds is 8. The van der Waals surface area contributed by atoms with E-state index in [4.69, 9.17) is 23.8 Å². The van der Waals surface area contributed by atoms with Gasteiger partial charge in [-0.2, -0.15) is 0 Å². The van der Waals surface area contributed by atoms with E-state index in [-0.39, 0.29) is 24.8 Å². The fourth-order valence-corrected chi connectivity index (χ4v) is 5.41. The quantitative estimate of drug-likeness (QED) is 0.281. The van der Waals surface area contributed by atoms with E-state index in [1.54, 1.807) is 12.3 Å². The third-order valence-electron chi connectivity index (χ3n) is 4.86. The zero-order valence-electron chi connectivity index (χ0n) is 17.9. The number of hydrogen-bond acceptors (Lipinski definition) is 6. The third kappa shape index (κ3) is 6.64. The molecule has 34 heavy (non-hydrogen) atoms. The summed E-state index contributed by atoms with van der Waals surface area (Å²) >= 11 is 13.9. The van der Waals surface area contributed by atoms with Crippen molar-refractivity contribution in [1.82, 2.24) is 9.88 Å². The van der Waals surface area contributed by atoms with Crippen molar-refractivity contribution in [2.45, 2.75) is 12.8 Å². The van der Waals surface area contributed by atoms with Crippen molar-refractivity contribution in [1.29, 1.82) is 0 Å². The molecule has 0 saturated carbocycles. The monoisotopic (exact) mass is 525 g/mol. The molecule has 3 aromatic rings. The van der Waals surface area contributed by atoms with Crippen molar-refractivity contribution < 1.29 is 9.59 Å². The standard InChI is InChI=1S/C25H20ClN3O2S3/c26-19-11-9-18(10-12-19)15-20-16-27-24(33-20)28-22(30)13-14-29-23(31)21(34-25(29)32)8-4-7-17-5-2-1-3-6-17/h1-12,16H,13-15H2,(H,27,28,30). The number of thiazole rings is 1. The molecular weight excluding hydrogens is 506 g/mol. The van der Waals surface area contributed by atoms with Gasteiger partial charge in [-0.3, -0.25) is 14.5 Å². The normalized spacial score (nSPS) is 15.0. The topological polar surface area (TPSA) is 62.3 Å². The van der Waals surface area contributed by atoms with E-state index in [9.17, 15) is 9.59 Å². The first-order valence-electron chi connectivity index (χ1n) is 10.4. The summed E-state index contributed by atoms with van der Waals surface area (Å²) in [4.78, 5) is 32.4. The Bertz CT molecular complexity index is 1250. The average Bonchev–Trinajstić information content (AvgIpc) is 3.37. The van der Waals surface area contributed by atoms with Crippen molar-refractivity contribution in [2.24, 2.45) is 0 Å². The van der Waals surface area contributed by atoms with Gasteiger partial charge in [-0.25, -0.2) is 4.98 Å². The van der Waals surface area contributed by atoms with Crippen LogP contribution in [-0.4, -0.2) is 32.6 Å². The lowest BCUT2D eigenvalue weighted by Crippen LogP contribution is -2.31. The minimum absolute atomic E-state index is 0.131. The highest BCUT2D eigenvalue weighted by Crippen LogP contribution is 2.31. The van der Waals surface area contributed by atoms with E-state index < -0.39 is 0 Å². The van der Waals surface area contributed by atoms with Gasteiger partial charge in [-0.1, -0.05) is 90.2 Å². The number of allylic oxidation sites excluding steroid dienone is 2. The Morgan fingerprint density at radius 3 is 2.68 bits per heavy atom. The fraction of sp³-hybridized carbons (Fsp3) is 0.120. The van der Waals surface area contributed by atoms with Crippen LogP contribution < -0.4 is 5.32 Å². The van der Waals surface area contributed by atoms with E-state index in [1.165, 1.54) is 28.0 Å². The Hall–Kier alpha value is -2.78. The second-order valence-corrected chi connectivity index (χ2v) is 10.6. The first-order chi connectivity index (χ1) is 16.5. The number of amides is 2. The maximum absolute atomic E-state index is 12.7. The SMILES string of the molecule is O=C(CCN1C(=O)C(=CC=Cc2ccccc2)SC1=S)Nc1ncc(Cc2ccc(Cl)cc2)s1. The second-order valence-electron chi connectivity index (χ2n) is 7.36. The molecule has 1 aliphatic rings. The number of hydrogen-bond donors (Lipinski definition) is 1. The molecule has 0 bridgehead atoms. The molecule has 1 saturated heterocycles. The minimum Gasteiger partial charge on any atom is -0.302 e. The zero-order valence-corrected chi connectivity index (χ0v) is 21.1. The average molecular weight is 526 g/mol. The first-order valence-corrected chi connectivity index (χ1v) is 12.9. The largest absolute Gasteiger partial charge is 0.302 e. The van der Waals surface area contributed by atoms with Gasteiger partial charge in [0.2, 0.25) is 5.91 Å². The van der Waals surface area contributed by atoms with Crippen molar-refractivity contribution in [2.75, 3.05) is 11.9 Å². The van der Waals surface area contributed by atoms with Crippen LogP contribution in [0.3, 0.4) is 0 Å². The van der Waals surface area contributed by atoms with Crippen LogP contribution in [0, 0.1) is 0 Å². The van der Waals surface area contributed by atoms with Crippen LogP contribution in [0.1, 0.15) is 22.4 Å². The molecular formula is C25H20ClN3O2S3. The van der Waals surface area contributed by atoms with Crippen LogP contribution in [0.5, 0.6) is 0 Å². The highest BCUT2D eigenvalue weighted by atomic mass is 35.5. The van der Waals surface area contributed by atoms with Gasteiger partial charge in [0, 0.05) is 35.5 Å². The Kier molecular flexibility index (Phi) is 8.29. The molecule has 0 atom stereocenters. The number of nitrogens with one attached hydrogen (secondary N) is 1. The zero-order chi connectivity index (χ0) is 23.9. The summed E-state index contributed by atoms with van der Waals surface area (Å²) in [5, 5.41) is 4.04. The van der Waals surface area contributed by atoms with Crippen molar-refractivity contribution in [3.05, 3.63) is 98.9 Å². The molecule has 2 aromatic carbocycles. The summed E-state index contributed by atoms with van der Waals surface area (Å²) in [5.74, 6) is -0.394. The van der Waals surface area contributed by atoms with Crippen LogP contribution >= 0.6 is 46.9 Å².